The number of nitrogens with one attached hydrogen (secondary N) is 3. The highest BCUT2D eigenvalue weighted by atomic mass is 16.5. The molecule has 2 fully saturated rings. The van der Waals surface area contributed by atoms with Crippen molar-refractivity contribution in [3.8, 4) is 0 Å². The first-order valence-electron chi connectivity index (χ1n) is 12.0. The first-order valence-corrected chi connectivity index (χ1v) is 12.0. The minimum atomic E-state index is -0.920. The molecule has 1 aromatic carbocycles. The molecule has 0 spiro atoms. The summed E-state index contributed by atoms with van der Waals surface area (Å²) >= 11 is 0. The van der Waals surface area contributed by atoms with Crippen molar-refractivity contribution in [1.82, 2.24) is 20.2 Å². The molecule has 0 amide bonds. The van der Waals surface area contributed by atoms with Crippen LogP contribution < -0.4 is 16.0 Å². The van der Waals surface area contributed by atoms with Crippen LogP contribution >= 0.6 is 0 Å². The van der Waals surface area contributed by atoms with Crippen LogP contribution in [0, 0.1) is 5.92 Å². The molecule has 1 saturated heterocycles. The van der Waals surface area contributed by atoms with Gasteiger partial charge in [0.25, 0.3) is 0 Å². The Hall–Kier alpha value is -3.04. The van der Waals surface area contributed by atoms with Crippen LogP contribution in [0.15, 0.2) is 30.5 Å². The second-order valence-corrected chi connectivity index (χ2v) is 9.14. The zero-order valence-electron chi connectivity index (χ0n) is 20.1. The Morgan fingerprint density at radius 2 is 1.94 bits per heavy atom. The van der Waals surface area contributed by atoms with Gasteiger partial charge in [0, 0.05) is 43.6 Å². The van der Waals surface area contributed by atoms with E-state index in [0.29, 0.717) is 23.4 Å². The number of hydrogen-bond donors (Lipinski definition) is 3. The highest BCUT2D eigenvalue weighted by molar-refractivity contribution is 6.10. The van der Waals surface area contributed by atoms with Crippen molar-refractivity contribution >= 4 is 29.2 Å². The molecule has 2 aliphatic rings. The number of ether oxygens (including phenoxy) is 1. The molecule has 0 radical (unpaired) electrons. The third-order valence-electron chi connectivity index (χ3n) is 6.76. The van der Waals surface area contributed by atoms with Gasteiger partial charge in [-0.25, -0.2) is 4.98 Å². The molecule has 1 aliphatic heterocycles. The van der Waals surface area contributed by atoms with E-state index in [2.05, 4.69) is 50.0 Å². The molecule has 2 unspecified atom stereocenters. The largest absolute Gasteiger partial charge is 0.468 e. The number of nitrogens with zero attached hydrogens (tertiary/aromatic N) is 3. The van der Waals surface area contributed by atoms with Crippen molar-refractivity contribution < 1.29 is 14.3 Å². The van der Waals surface area contributed by atoms with E-state index in [-0.39, 0.29) is 11.8 Å². The van der Waals surface area contributed by atoms with Gasteiger partial charge in [-0.2, -0.15) is 4.98 Å². The fourth-order valence-electron chi connectivity index (χ4n) is 4.61. The smallest absolute Gasteiger partial charge is 0.316 e. The number of likely N-dealkylation sites (N-methyl/N-ethyl adjacent to an activating group) is 1. The number of Topliss-reactive ketones (excluding diaryl/α,β-unsaturated/α-hetero) is 1. The minimum absolute atomic E-state index is 0.253. The van der Waals surface area contributed by atoms with Gasteiger partial charge in [0.05, 0.1) is 12.7 Å². The number of esters is 1. The molecule has 1 aromatic heterocycles. The number of hydrogen-bond acceptors (Lipinski definition) is 9. The Balaban J connectivity index is 1.53. The summed E-state index contributed by atoms with van der Waals surface area (Å²) in [5, 5.41) is 10.1. The molecule has 1 saturated carbocycles. The van der Waals surface area contributed by atoms with E-state index < -0.39 is 11.9 Å². The number of benzene rings is 1. The van der Waals surface area contributed by atoms with Crippen LogP contribution in [-0.2, 0) is 9.53 Å². The topological polar surface area (TPSA) is 108 Å². The molecule has 2 aromatic rings. The zero-order chi connectivity index (χ0) is 24.1. The number of carbonyl (C=O) groups is 2. The van der Waals surface area contributed by atoms with Crippen molar-refractivity contribution in [1.29, 1.82) is 0 Å². The Morgan fingerprint density at radius 3 is 2.62 bits per heavy atom. The lowest BCUT2D eigenvalue weighted by molar-refractivity contribution is -0.143. The van der Waals surface area contributed by atoms with Crippen molar-refractivity contribution in [2.45, 2.75) is 44.7 Å². The van der Waals surface area contributed by atoms with E-state index in [1.165, 1.54) is 18.9 Å². The second-order valence-electron chi connectivity index (χ2n) is 9.14. The van der Waals surface area contributed by atoms with Crippen LogP contribution in [0.25, 0.3) is 0 Å². The van der Waals surface area contributed by atoms with Gasteiger partial charge in [-0.05, 0) is 44.5 Å². The minimum Gasteiger partial charge on any atom is -0.468 e. The molecule has 9 heteroatoms. The quantitative estimate of drug-likeness (QED) is 0.307. The summed E-state index contributed by atoms with van der Waals surface area (Å²) < 4.78 is 4.75. The summed E-state index contributed by atoms with van der Waals surface area (Å²) in [6, 6.07) is 8.87. The van der Waals surface area contributed by atoms with Crippen molar-refractivity contribution in [3.05, 3.63) is 41.6 Å². The molecule has 4 rings (SSSR count). The summed E-state index contributed by atoms with van der Waals surface area (Å²) in [6.45, 7) is 4.51. The number of anilines is 3. The molecule has 0 bridgehead atoms. The fraction of sp³-hybridized carbons (Fsp3) is 0.520. The summed E-state index contributed by atoms with van der Waals surface area (Å²) in [7, 11) is 3.43. The lowest BCUT2D eigenvalue weighted by Gasteiger charge is -2.33. The molecule has 2 atom stereocenters. The summed E-state index contributed by atoms with van der Waals surface area (Å²) in [4.78, 5) is 36.2. The maximum Gasteiger partial charge on any atom is 0.316 e. The maximum absolute atomic E-state index is 13.0. The van der Waals surface area contributed by atoms with Gasteiger partial charge < -0.3 is 20.7 Å². The number of piperazine rings is 1. The van der Waals surface area contributed by atoms with Gasteiger partial charge in [-0.15, -0.1) is 0 Å². The van der Waals surface area contributed by atoms with Gasteiger partial charge in [-0.3, -0.25) is 14.5 Å². The molecule has 9 nitrogen and oxygen atoms in total. The van der Waals surface area contributed by atoms with Gasteiger partial charge in [0.2, 0.25) is 5.95 Å². The maximum atomic E-state index is 13.0. The molecule has 1 aliphatic carbocycles. The van der Waals surface area contributed by atoms with Crippen LogP contribution in [-0.4, -0.2) is 66.5 Å². The zero-order valence-corrected chi connectivity index (χ0v) is 20.1. The van der Waals surface area contributed by atoms with E-state index in [4.69, 9.17) is 4.74 Å². The second kappa shape index (κ2) is 10.9. The normalized spacial score (nSPS) is 20.0. The van der Waals surface area contributed by atoms with Crippen LogP contribution in [0.4, 0.5) is 17.5 Å². The molecular formula is C25H34N6O3. The van der Waals surface area contributed by atoms with Crippen LogP contribution in [0.5, 0.6) is 0 Å². The number of ketones is 1. The number of carbonyl (C=O) groups excluding carboxylic acids is 2. The number of methoxy groups -OCH3 is 1. The Kier molecular flexibility index (Phi) is 7.74. The monoisotopic (exact) mass is 466 g/mol. The van der Waals surface area contributed by atoms with E-state index >= 15 is 0 Å². The van der Waals surface area contributed by atoms with E-state index in [1.807, 2.05) is 12.1 Å². The Labute approximate surface area is 200 Å². The van der Waals surface area contributed by atoms with E-state index in [1.54, 1.807) is 6.92 Å². The standard InChI is InChI=1S/C25H34N6O3/c1-16(24(33)34-3)22(32)20-14-27-25(30-23(20)28-18-6-4-5-7-18)29-19-10-8-17(9-11-19)21-15-26-12-13-31(21)2/h8-11,14,16,18,21,26H,4-7,12-13,15H2,1-3H3,(H2,27,28,29,30). The Bertz CT molecular complexity index is 1010. The number of rotatable bonds is 8. The predicted molar refractivity (Wildman–Crippen MR) is 131 cm³/mol. The SMILES string of the molecule is COC(=O)C(C)C(=O)c1cnc(Nc2ccc(C3CNCCN3C)cc2)nc1NC1CCCC1. The third-order valence-corrected chi connectivity index (χ3v) is 6.76. The Morgan fingerprint density at radius 1 is 1.21 bits per heavy atom. The molecule has 3 N–H and O–H groups in total. The molecule has 34 heavy (non-hydrogen) atoms. The first kappa shape index (κ1) is 24.1. The van der Waals surface area contributed by atoms with Gasteiger partial charge in [0.15, 0.2) is 5.78 Å². The predicted octanol–water partition coefficient (Wildman–Crippen LogP) is 3.14. The summed E-state index contributed by atoms with van der Waals surface area (Å²) in [5.74, 6) is -0.994. The first-order chi connectivity index (χ1) is 16.5. The van der Waals surface area contributed by atoms with Gasteiger partial charge in [-0.1, -0.05) is 25.0 Å². The van der Waals surface area contributed by atoms with Crippen molar-refractivity contribution in [2.75, 3.05) is 44.4 Å². The van der Waals surface area contributed by atoms with E-state index in [0.717, 1.165) is 51.0 Å². The van der Waals surface area contributed by atoms with Crippen molar-refractivity contribution in [2.24, 2.45) is 5.92 Å². The summed E-state index contributed by atoms with van der Waals surface area (Å²) in [6.07, 6.45) is 5.84. The third kappa shape index (κ3) is 5.53. The van der Waals surface area contributed by atoms with Crippen LogP contribution in [0.1, 0.15) is 54.6 Å². The average molecular weight is 467 g/mol. The molecular weight excluding hydrogens is 432 g/mol. The van der Waals surface area contributed by atoms with E-state index in [9.17, 15) is 9.59 Å². The molecule has 2 heterocycles. The highest BCUT2D eigenvalue weighted by Crippen LogP contribution is 2.27. The number of aromatic nitrogens is 2. The van der Waals surface area contributed by atoms with Crippen LogP contribution in [0.2, 0.25) is 0 Å². The lowest BCUT2D eigenvalue weighted by atomic mass is 10.0. The van der Waals surface area contributed by atoms with Gasteiger partial charge in [0.1, 0.15) is 11.7 Å². The van der Waals surface area contributed by atoms with Crippen molar-refractivity contribution in [3.63, 3.8) is 0 Å². The lowest BCUT2D eigenvalue weighted by Crippen LogP contribution is -2.43. The van der Waals surface area contributed by atoms with Crippen LogP contribution in [0.3, 0.4) is 0 Å². The highest BCUT2D eigenvalue weighted by Gasteiger charge is 2.28. The molecule has 182 valence electrons. The fourth-order valence-corrected chi connectivity index (χ4v) is 4.61. The average Bonchev–Trinajstić information content (AvgIpc) is 3.37. The summed E-state index contributed by atoms with van der Waals surface area (Å²) in [5.41, 5.74) is 2.42. The van der Waals surface area contributed by atoms with Gasteiger partial charge >= 0.3 is 5.97 Å².